The van der Waals surface area contributed by atoms with E-state index in [1.165, 1.54) is 5.56 Å². The second-order valence-corrected chi connectivity index (χ2v) is 9.80. The smallest absolute Gasteiger partial charge is 0.301 e. The number of nitrogens with zero attached hydrogens (tertiary/aromatic N) is 1. The number of benzene rings is 2. The maximum absolute atomic E-state index is 13.4. The minimum absolute atomic E-state index is 0.125. The molecule has 1 fully saturated rings. The summed E-state index contributed by atoms with van der Waals surface area (Å²) in [5.41, 5.74) is 3.11. The van der Waals surface area contributed by atoms with E-state index in [-0.39, 0.29) is 6.42 Å². The lowest BCUT2D eigenvalue weighted by Gasteiger charge is -2.38. The van der Waals surface area contributed by atoms with Crippen LogP contribution in [0.4, 0.5) is 26.3 Å². The zero-order valence-corrected chi connectivity index (χ0v) is 20.4. The Morgan fingerprint density at radius 3 is 1.97 bits per heavy atom. The number of rotatable bonds is 9. The van der Waals surface area contributed by atoms with Gasteiger partial charge in [0, 0.05) is 12.6 Å². The van der Waals surface area contributed by atoms with E-state index in [1.807, 2.05) is 30.3 Å². The molecule has 3 rings (SSSR count). The van der Waals surface area contributed by atoms with Gasteiger partial charge in [0.1, 0.15) is 0 Å². The summed E-state index contributed by atoms with van der Waals surface area (Å²) in [7, 11) is 0. The van der Waals surface area contributed by atoms with E-state index in [1.54, 1.807) is 12.1 Å². The molecule has 0 N–H and O–H groups in total. The summed E-state index contributed by atoms with van der Waals surface area (Å²) >= 11 is 0. The number of hydrogen-bond acceptors (Lipinski definition) is 1. The van der Waals surface area contributed by atoms with E-state index >= 15 is 0 Å². The summed E-state index contributed by atoms with van der Waals surface area (Å²) in [6.07, 6.45) is -7.74. The van der Waals surface area contributed by atoms with Gasteiger partial charge < -0.3 is 4.90 Å². The first-order valence-corrected chi connectivity index (χ1v) is 12.5. The predicted molar refractivity (Wildman–Crippen MR) is 127 cm³/mol. The van der Waals surface area contributed by atoms with Crippen LogP contribution in [-0.2, 0) is 12.8 Å². The molecule has 1 saturated carbocycles. The summed E-state index contributed by atoms with van der Waals surface area (Å²) in [5, 5.41) is 0. The molecule has 0 bridgehead atoms. The zero-order chi connectivity index (χ0) is 25.6. The Hall–Kier alpha value is -2.02. The van der Waals surface area contributed by atoms with Gasteiger partial charge in [0.2, 0.25) is 0 Å². The van der Waals surface area contributed by atoms with Crippen molar-refractivity contribution in [3.8, 4) is 0 Å². The molecule has 35 heavy (non-hydrogen) atoms. The van der Waals surface area contributed by atoms with Crippen LogP contribution in [-0.4, -0.2) is 36.4 Å². The van der Waals surface area contributed by atoms with E-state index in [4.69, 9.17) is 0 Å². The highest BCUT2D eigenvalue weighted by Gasteiger charge is 2.56. The third-order valence-corrected chi connectivity index (χ3v) is 7.55. The van der Waals surface area contributed by atoms with Crippen LogP contribution in [0.25, 0.3) is 0 Å². The highest BCUT2D eigenvalue weighted by molar-refractivity contribution is 5.26. The molecule has 7 heteroatoms. The normalized spacial score (nSPS) is 22.4. The van der Waals surface area contributed by atoms with Crippen molar-refractivity contribution in [2.75, 3.05) is 13.1 Å². The van der Waals surface area contributed by atoms with Crippen LogP contribution in [0.15, 0.2) is 54.6 Å². The fourth-order valence-corrected chi connectivity index (χ4v) is 5.35. The van der Waals surface area contributed by atoms with E-state index in [9.17, 15) is 26.3 Å². The van der Waals surface area contributed by atoms with Gasteiger partial charge in [-0.1, -0.05) is 61.5 Å². The van der Waals surface area contributed by atoms with Crippen LogP contribution in [0.3, 0.4) is 0 Å². The fraction of sp³-hybridized carbons (Fsp3) is 0.571. The summed E-state index contributed by atoms with van der Waals surface area (Å²) < 4.78 is 79.7. The quantitative estimate of drug-likeness (QED) is 0.314. The number of halogens is 6. The maximum atomic E-state index is 13.4. The number of aryl methyl sites for hydroxylation is 1. The maximum Gasteiger partial charge on any atom is 0.392 e. The zero-order valence-electron chi connectivity index (χ0n) is 20.4. The SMILES string of the molecule is CCN(CCc1ccccc1)C(C)CCc1ccc(C2CCC(C(F)(F)F)C(C(F)(F)F)C2)cc1. The Morgan fingerprint density at radius 1 is 0.800 bits per heavy atom. The van der Waals surface area contributed by atoms with Gasteiger partial charge in [0.15, 0.2) is 0 Å². The van der Waals surface area contributed by atoms with Crippen LogP contribution in [0.5, 0.6) is 0 Å². The van der Waals surface area contributed by atoms with Gasteiger partial charge in [-0.3, -0.25) is 0 Å². The first-order chi connectivity index (χ1) is 16.5. The van der Waals surface area contributed by atoms with Crippen molar-refractivity contribution in [3.63, 3.8) is 0 Å². The van der Waals surface area contributed by atoms with Gasteiger partial charge >= 0.3 is 12.4 Å². The molecule has 0 aliphatic heterocycles. The van der Waals surface area contributed by atoms with Gasteiger partial charge in [-0.05, 0) is 74.6 Å². The Kier molecular flexibility index (Phi) is 9.30. The third kappa shape index (κ3) is 7.73. The van der Waals surface area contributed by atoms with Crippen molar-refractivity contribution in [2.45, 2.75) is 76.7 Å². The summed E-state index contributed by atoms with van der Waals surface area (Å²) in [6.45, 7) is 6.28. The highest BCUT2D eigenvalue weighted by atomic mass is 19.4. The highest BCUT2D eigenvalue weighted by Crippen LogP contribution is 2.52. The summed E-state index contributed by atoms with van der Waals surface area (Å²) in [4.78, 5) is 2.44. The van der Waals surface area contributed by atoms with Crippen molar-refractivity contribution in [2.24, 2.45) is 11.8 Å². The van der Waals surface area contributed by atoms with Crippen molar-refractivity contribution in [3.05, 3.63) is 71.3 Å². The predicted octanol–water partition coefficient (Wildman–Crippen LogP) is 8.20. The second-order valence-electron chi connectivity index (χ2n) is 9.80. The van der Waals surface area contributed by atoms with Gasteiger partial charge in [0.05, 0.1) is 11.8 Å². The topological polar surface area (TPSA) is 3.24 Å². The molecular formula is C28H35F6N. The summed E-state index contributed by atoms with van der Waals surface area (Å²) in [5.74, 6) is -5.14. The first-order valence-electron chi connectivity index (χ1n) is 12.5. The Bertz CT molecular complexity index is 890. The molecule has 194 valence electrons. The second kappa shape index (κ2) is 11.8. The van der Waals surface area contributed by atoms with Crippen LogP contribution >= 0.6 is 0 Å². The standard InChI is InChI=1S/C28H35F6N/c1-3-35(18-17-21-7-5-4-6-8-21)20(2)9-10-22-11-13-23(14-12-22)24-15-16-25(27(29,30)31)26(19-24)28(32,33)34/h4-8,11-14,20,24-26H,3,9-10,15-19H2,1-2H3. The fourth-order valence-electron chi connectivity index (χ4n) is 5.35. The van der Waals surface area contributed by atoms with Gasteiger partial charge in [-0.15, -0.1) is 0 Å². The Balaban J connectivity index is 1.54. The average Bonchev–Trinajstić information content (AvgIpc) is 2.82. The molecule has 0 aromatic heterocycles. The van der Waals surface area contributed by atoms with E-state index < -0.39 is 42.9 Å². The molecule has 1 nitrogen and oxygen atoms in total. The van der Waals surface area contributed by atoms with Gasteiger partial charge in [0.25, 0.3) is 0 Å². The Labute approximate surface area is 204 Å². The molecule has 1 aliphatic carbocycles. The molecule has 4 unspecified atom stereocenters. The van der Waals surface area contributed by atoms with Crippen molar-refractivity contribution in [1.29, 1.82) is 0 Å². The van der Waals surface area contributed by atoms with Crippen LogP contribution in [0, 0.1) is 11.8 Å². The lowest BCUT2D eigenvalue weighted by Crippen LogP contribution is -2.42. The van der Waals surface area contributed by atoms with E-state index in [0.29, 0.717) is 11.6 Å². The molecule has 2 aromatic carbocycles. The van der Waals surface area contributed by atoms with Crippen molar-refractivity contribution < 1.29 is 26.3 Å². The minimum Gasteiger partial charge on any atom is -0.301 e. The minimum atomic E-state index is -4.85. The third-order valence-electron chi connectivity index (χ3n) is 7.55. The number of likely N-dealkylation sites (N-methyl/N-ethyl adjacent to an activating group) is 1. The largest absolute Gasteiger partial charge is 0.392 e. The molecule has 4 atom stereocenters. The summed E-state index contributed by atoms with van der Waals surface area (Å²) in [6, 6.07) is 18.2. The molecule has 2 aromatic rings. The molecule has 0 radical (unpaired) electrons. The molecular weight excluding hydrogens is 464 g/mol. The number of alkyl halides is 6. The van der Waals surface area contributed by atoms with E-state index in [0.717, 1.165) is 37.9 Å². The lowest BCUT2D eigenvalue weighted by atomic mass is 9.71. The van der Waals surface area contributed by atoms with E-state index in [2.05, 4.69) is 30.9 Å². The van der Waals surface area contributed by atoms with Gasteiger partial charge in [-0.25, -0.2) is 0 Å². The molecule has 1 aliphatic rings. The van der Waals surface area contributed by atoms with Crippen LogP contribution in [0.2, 0.25) is 0 Å². The van der Waals surface area contributed by atoms with Crippen LogP contribution in [0.1, 0.15) is 62.1 Å². The first kappa shape index (κ1) is 27.6. The molecule has 0 heterocycles. The van der Waals surface area contributed by atoms with Crippen LogP contribution < -0.4 is 0 Å². The number of hydrogen-bond donors (Lipinski definition) is 0. The Morgan fingerprint density at radius 2 is 1.40 bits per heavy atom. The molecule has 0 saturated heterocycles. The average molecular weight is 500 g/mol. The van der Waals surface area contributed by atoms with Crippen molar-refractivity contribution in [1.82, 2.24) is 4.90 Å². The van der Waals surface area contributed by atoms with Crippen molar-refractivity contribution >= 4 is 0 Å². The monoisotopic (exact) mass is 499 g/mol. The lowest BCUT2D eigenvalue weighted by molar-refractivity contribution is -0.263. The molecule has 0 amide bonds. The van der Waals surface area contributed by atoms with Gasteiger partial charge in [-0.2, -0.15) is 26.3 Å². The molecule has 0 spiro atoms.